The fourth-order valence-electron chi connectivity index (χ4n) is 2.14. The second kappa shape index (κ2) is 4.76. The molecule has 0 fully saturated rings. The maximum atomic E-state index is 12.4. The third kappa shape index (κ3) is 2.42. The zero-order valence-corrected chi connectivity index (χ0v) is 11.8. The molecule has 1 aliphatic rings. The number of nitrogens with zero attached hydrogens (tertiary/aromatic N) is 1. The first-order chi connectivity index (χ1) is 9.65. The molecule has 1 heterocycles. The van der Waals surface area contributed by atoms with Gasteiger partial charge < -0.3 is 14.9 Å². The number of anilines is 1. The molecule has 1 amide bonds. The molecule has 7 heteroatoms. The Morgan fingerprint density at radius 1 is 1.29 bits per heavy atom. The molecule has 0 saturated carbocycles. The van der Waals surface area contributed by atoms with E-state index >= 15 is 0 Å². The number of carbonyl (C=O) groups excluding carboxylic acids is 1. The Labute approximate surface area is 120 Å². The molecule has 0 saturated heterocycles. The molecule has 1 aromatic rings. The number of benzene rings is 1. The molecule has 1 aromatic carbocycles. The van der Waals surface area contributed by atoms with Gasteiger partial charge in [0, 0.05) is 0 Å². The Morgan fingerprint density at radius 2 is 1.90 bits per heavy atom. The van der Waals surface area contributed by atoms with Gasteiger partial charge in [-0.15, -0.1) is 0 Å². The molecule has 21 heavy (non-hydrogen) atoms. The molecule has 2 rings (SSSR count). The van der Waals surface area contributed by atoms with Gasteiger partial charge in [0.1, 0.15) is 11.8 Å². The van der Waals surface area contributed by atoms with Crippen LogP contribution in [-0.2, 0) is 9.59 Å². The third-order valence-electron chi connectivity index (χ3n) is 3.31. The number of carbonyl (C=O) groups is 3. The largest absolute Gasteiger partial charge is 0.480 e. The van der Waals surface area contributed by atoms with Crippen LogP contribution in [0.1, 0.15) is 31.1 Å². The molecule has 7 nitrogen and oxygen atoms in total. The first-order valence-electron chi connectivity index (χ1n) is 6.28. The number of fused-ring (bicyclic) bond motifs is 1. The molecule has 1 unspecified atom stereocenters. The van der Waals surface area contributed by atoms with E-state index in [1.165, 1.54) is 39.0 Å². The molecule has 0 aromatic heterocycles. The Balaban J connectivity index is 2.63. The average molecular weight is 293 g/mol. The van der Waals surface area contributed by atoms with Gasteiger partial charge in [-0.1, -0.05) is 0 Å². The monoisotopic (exact) mass is 293 g/mol. The van der Waals surface area contributed by atoms with E-state index in [0.29, 0.717) is 0 Å². The first-order valence-corrected chi connectivity index (χ1v) is 6.28. The highest BCUT2D eigenvalue weighted by Gasteiger charge is 2.44. The summed E-state index contributed by atoms with van der Waals surface area (Å²) in [6, 6.07) is 2.87. The van der Waals surface area contributed by atoms with Crippen molar-refractivity contribution in [1.82, 2.24) is 0 Å². The number of aromatic carboxylic acids is 1. The summed E-state index contributed by atoms with van der Waals surface area (Å²) in [5.41, 5.74) is -1.12. The highest BCUT2D eigenvalue weighted by molar-refractivity contribution is 6.07. The van der Waals surface area contributed by atoms with Crippen molar-refractivity contribution in [1.29, 1.82) is 0 Å². The number of carboxylic acids is 2. The van der Waals surface area contributed by atoms with E-state index < -0.39 is 29.5 Å². The molecule has 1 atom stereocenters. The van der Waals surface area contributed by atoms with Gasteiger partial charge in [0.05, 0.1) is 11.3 Å². The first kappa shape index (κ1) is 14.8. The lowest BCUT2D eigenvalue weighted by Gasteiger charge is -2.40. The van der Waals surface area contributed by atoms with Crippen LogP contribution in [-0.4, -0.2) is 39.7 Å². The van der Waals surface area contributed by atoms with E-state index in [2.05, 4.69) is 0 Å². The minimum absolute atomic E-state index is 0.0487. The fraction of sp³-hybridized carbons (Fsp3) is 0.357. The molecule has 112 valence electrons. The molecule has 0 radical (unpaired) electrons. The molecule has 0 spiro atoms. The highest BCUT2D eigenvalue weighted by Crippen LogP contribution is 2.39. The standard InChI is InChI=1S/C14H15NO6/c1-7(11(16)17)15-9-6-8(12(18)19)4-5-10(9)21-14(2,3)13(15)20/h4-7H,1-3H3,(H,16,17)(H,18,19). The van der Waals surface area contributed by atoms with Gasteiger partial charge in [-0.25, -0.2) is 9.59 Å². The van der Waals surface area contributed by atoms with Crippen LogP contribution in [0.5, 0.6) is 5.75 Å². The molecular weight excluding hydrogens is 278 g/mol. The van der Waals surface area contributed by atoms with Gasteiger partial charge in [0.15, 0.2) is 5.60 Å². The van der Waals surface area contributed by atoms with Crippen LogP contribution >= 0.6 is 0 Å². The molecule has 0 aliphatic carbocycles. The van der Waals surface area contributed by atoms with Crippen LogP contribution in [0.4, 0.5) is 5.69 Å². The van der Waals surface area contributed by atoms with Crippen LogP contribution in [0.25, 0.3) is 0 Å². The van der Waals surface area contributed by atoms with Crippen LogP contribution in [0, 0.1) is 0 Å². The average Bonchev–Trinajstić information content (AvgIpc) is 2.38. The van der Waals surface area contributed by atoms with Crippen LogP contribution < -0.4 is 9.64 Å². The topological polar surface area (TPSA) is 104 Å². The summed E-state index contributed by atoms with van der Waals surface area (Å²) in [5.74, 6) is -2.61. The van der Waals surface area contributed by atoms with E-state index in [9.17, 15) is 19.5 Å². The number of hydrogen-bond acceptors (Lipinski definition) is 4. The molecule has 1 aliphatic heterocycles. The Hall–Kier alpha value is -2.57. The third-order valence-corrected chi connectivity index (χ3v) is 3.31. The molecule has 2 N–H and O–H groups in total. The SMILES string of the molecule is CC(C(=O)O)N1C(=O)C(C)(C)Oc2ccc(C(=O)O)cc21. The zero-order chi connectivity index (χ0) is 15.9. The predicted molar refractivity (Wildman–Crippen MR) is 72.7 cm³/mol. The van der Waals surface area contributed by atoms with Crippen LogP contribution in [0.15, 0.2) is 18.2 Å². The van der Waals surface area contributed by atoms with Gasteiger partial charge in [0.25, 0.3) is 5.91 Å². The van der Waals surface area contributed by atoms with E-state index in [1.807, 2.05) is 0 Å². The van der Waals surface area contributed by atoms with E-state index in [-0.39, 0.29) is 17.0 Å². The summed E-state index contributed by atoms with van der Waals surface area (Å²) < 4.78 is 5.55. The minimum atomic E-state index is -1.22. The van der Waals surface area contributed by atoms with Gasteiger partial charge in [-0.05, 0) is 39.0 Å². The second-order valence-electron chi connectivity index (χ2n) is 5.29. The summed E-state index contributed by atoms with van der Waals surface area (Å²) in [6.45, 7) is 4.43. The van der Waals surface area contributed by atoms with Crippen molar-refractivity contribution in [3.63, 3.8) is 0 Å². The van der Waals surface area contributed by atoms with Gasteiger partial charge >= 0.3 is 11.9 Å². The summed E-state index contributed by atoms with van der Waals surface area (Å²) in [6.07, 6.45) is 0. The minimum Gasteiger partial charge on any atom is -0.480 e. The number of hydrogen-bond donors (Lipinski definition) is 2. The number of ether oxygens (including phenoxy) is 1. The van der Waals surface area contributed by atoms with E-state index in [1.54, 1.807) is 0 Å². The van der Waals surface area contributed by atoms with Crippen LogP contribution in [0.3, 0.4) is 0 Å². The lowest BCUT2D eigenvalue weighted by Crippen LogP contribution is -2.57. The summed E-state index contributed by atoms with van der Waals surface area (Å²) in [4.78, 5) is 35.8. The second-order valence-corrected chi connectivity index (χ2v) is 5.29. The lowest BCUT2D eigenvalue weighted by atomic mass is 10.0. The maximum Gasteiger partial charge on any atom is 0.335 e. The van der Waals surface area contributed by atoms with Crippen molar-refractivity contribution in [3.8, 4) is 5.75 Å². The van der Waals surface area contributed by atoms with Crippen LogP contribution in [0.2, 0.25) is 0 Å². The van der Waals surface area contributed by atoms with Gasteiger partial charge in [-0.2, -0.15) is 0 Å². The van der Waals surface area contributed by atoms with Crippen molar-refractivity contribution in [2.45, 2.75) is 32.4 Å². The number of rotatable bonds is 3. The summed E-state index contributed by atoms with van der Waals surface area (Å²) >= 11 is 0. The van der Waals surface area contributed by atoms with Crippen molar-refractivity contribution < 1.29 is 29.3 Å². The number of amides is 1. The highest BCUT2D eigenvalue weighted by atomic mass is 16.5. The van der Waals surface area contributed by atoms with Gasteiger partial charge in [0.2, 0.25) is 0 Å². The molecule has 0 bridgehead atoms. The molecular formula is C14H15NO6. The van der Waals surface area contributed by atoms with Crippen molar-refractivity contribution >= 4 is 23.5 Å². The number of carboxylic acid groups (broad SMARTS) is 2. The maximum absolute atomic E-state index is 12.4. The van der Waals surface area contributed by atoms with E-state index in [0.717, 1.165) is 4.90 Å². The number of aliphatic carboxylic acids is 1. The zero-order valence-electron chi connectivity index (χ0n) is 11.8. The Morgan fingerprint density at radius 3 is 2.43 bits per heavy atom. The predicted octanol–water partition coefficient (Wildman–Crippen LogP) is 1.36. The fourth-order valence-corrected chi connectivity index (χ4v) is 2.14. The smallest absolute Gasteiger partial charge is 0.335 e. The lowest BCUT2D eigenvalue weighted by molar-refractivity contribution is -0.142. The van der Waals surface area contributed by atoms with Crippen molar-refractivity contribution in [2.75, 3.05) is 4.90 Å². The van der Waals surface area contributed by atoms with E-state index in [4.69, 9.17) is 9.84 Å². The Kier molecular flexibility index (Phi) is 3.36. The van der Waals surface area contributed by atoms with Gasteiger partial charge in [-0.3, -0.25) is 9.69 Å². The van der Waals surface area contributed by atoms with Crippen molar-refractivity contribution in [2.24, 2.45) is 0 Å². The quantitative estimate of drug-likeness (QED) is 0.872. The summed E-state index contributed by atoms with van der Waals surface area (Å²) in [5, 5.41) is 18.2. The normalized spacial score (nSPS) is 17.7. The summed E-state index contributed by atoms with van der Waals surface area (Å²) in [7, 11) is 0. The van der Waals surface area contributed by atoms with Crippen molar-refractivity contribution in [3.05, 3.63) is 23.8 Å². The Bertz CT molecular complexity index is 636.